The van der Waals surface area contributed by atoms with E-state index in [0.29, 0.717) is 5.41 Å². The maximum atomic E-state index is 5.02. The van der Waals surface area contributed by atoms with Crippen molar-refractivity contribution in [2.24, 2.45) is 5.41 Å². The van der Waals surface area contributed by atoms with Crippen molar-refractivity contribution in [2.75, 3.05) is 57.5 Å². The third kappa shape index (κ3) is 4.58. The van der Waals surface area contributed by atoms with Crippen LogP contribution < -0.4 is 4.90 Å². The first-order chi connectivity index (χ1) is 15.6. The second kappa shape index (κ2) is 9.29. The van der Waals surface area contributed by atoms with Crippen LogP contribution in [-0.4, -0.2) is 81.7 Å². The highest BCUT2D eigenvalue weighted by atomic mass is 32.2. The van der Waals surface area contributed by atoms with Gasteiger partial charge in [-0.1, -0.05) is 11.9 Å². The summed E-state index contributed by atoms with van der Waals surface area (Å²) >= 11 is 1.91. The fraction of sp³-hybridized carbons (Fsp3) is 0.500. The highest BCUT2D eigenvalue weighted by Gasteiger charge is 2.40. The van der Waals surface area contributed by atoms with Crippen molar-refractivity contribution < 1.29 is 0 Å². The number of piperidine rings is 1. The van der Waals surface area contributed by atoms with Gasteiger partial charge in [0.05, 0.1) is 11.7 Å². The third-order valence-electron chi connectivity index (χ3n) is 6.82. The molecule has 5 rings (SSSR count). The first kappa shape index (κ1) is 21.6. The highest BCUT2D eigenvalue weighted by molar-refractivity contribution is 7.96. The molecule has 0 bridgehead atoms. The quantitative estimate of drug-likeness (QED) is 0.529. The van der Waals surface area contributed by atoms with Gasteiger partial charge in [-0.2, -0.15) is 0 Å². The SMILES string of the molecule is CN(C)SCCN1CCC2(CCN(c3nc(-c4ccncc4)nc4cnccc34)CC2)C1. The summed E-state index contributed by atoms with van der Waals surface area (Å²) in [5.41, 5.74) is 2.36. The van der Waals surface area contributed by atoms with Crippen LogP contribution in [0.4, 0.5) is 5.82 Å². The Hall–Kier alpha value is -2.29. The molecular weight excluding hydrogens is 418 g/mol. The summed E-state index contributed by atoms with van der Waals surface area (Å²) in [4.78, 5) is 23.4. The van der Waals surface area contributed by atoms with Crippen LogP contribution in [0.3, 0.4) is 0 Å². The molecule has 2 saturated heterocycles. The van der Waals surface area contributed by atoms with Gasteiger partial charge in [0.15, 0.2) is 5.82 Å². The number of rotatable bonds is 6. The van der Waals surface area contributed by atoms with Crippen molar-refractivity contribution in [3.63, 3.8) is 0 Å². The molecule has 7 nitrogen and oxygen atoms in total. The fourth-order valence-electron chi connectivity index (χ4n) is 5.01. The average Bonchev–Trinajstić information content (AvgIpc) is 3.21. The molecule has 0 atom stereocenters. The Morgan fingerprint density at radius 1 is 0.969 bits per heavy atom. The Labute approximate surface area is 194 Å². The van der Waals surface area contributed by atoms with Gasteiger partial charge in [-0.05, 0) is 63.5 Å². The van der Waals surface area contributed by atoms with E-state index >= 15 is 0 Å². The monoisotopic (exact) mass is 449 g/mol. The lowest BCUT2D eigenvalue weighted by molar-refractivity contribution is 0.213. The minimum atomic E-state index is 0.470. The molecule has 2 aliphatic rings. The summed E-state index contributed by atoms with van der Waals surface area (Å²) in [5, 5.41) is 1.09. The minimum Gasteiger partial charge on any atom is -0.356 e. The van der Waals surface area contributed by atoms with Crippen molar-refractivity contribution in [3.05, 3.63) is 43.0 Å². The smallest absolute Gasteiger partial charge is 0.162 e. The molecule has 0 amide bonds. The average molecular weight is 450 g/mol. The van der Waals surface area contributed by atoms with Crippen LogP contribution >= 0.6 is 11.9 Å². The molecule has 2 fully saturated rings. The molecule has 0 N–H and O–H groups in total. The zero-order valence-corrected chi connectivity index (χ0v) is 19.8. The van der Waals surface area contributed by atoms with Gasteiger partial charge in [0.1, 0.15) is 5.82 Å². The molecule has 1 spiro atoms. The Morgan fingerprint density at radius 2 is 1.72 bits per heavy atom. The van der Waals surface area contributed by atoms with Crippen molar-refractivity contribution in [2.45, 2.75) is 19.3 Å². The minimum absolute atomic E-state index is 0.470. The van der Waals surface area contributed by atoms with Crippen LogP contribution in [0.15, 0.2) is 43.0 Å². The Bertz CT molecular complexity index is 1050. The lowest BCUT2D eigenvalue weighted by Crippen LogP contribution is -2.42. The molecule has 0 radical (unpaired) electrons. The van der Waals surface area contributed by atoms with Gasteiger partial charge in [0.25, 0.3) is 0 Å². The van der Waals surface area contributed by atoms with E-state index < -0.39 is 0 Å². The number of pyridine rings is 2. The van der Waals surface area contributed by atoms with Gasteiger partial charge >= 0.3 is 0 Å². The molecule has 32 heavy (non-hydrogen) atoms. The van der Waals surface area contributed by atoms with E-state index in [4.69, 9.17) is 9.97 Å². The van der Waals surface area contributed by atoms with E-state index in [2.05, 4.69) is 38.2 Å². The molecular formula is C24H31N7S. The Kier molecular flexibility index (Phi) is 6.26. The number of fused-ring (bicyclic) bond motifs is 1. The topological polar surface area (TPSA) is 61.3 Å². The second-order valence-electron chi connectivity index (χ2n) is 9.16. The lowest BCUT2D eigenvalue weighted by atomic mass is 9.78. The third-order valence-corrected chi connectivity index (χ3v) is 7.70. The van der Waals surface area contributed by atoms with E-state index in [0.717, 1.165) is 41.2 Å². The second-order valence-corrected chi connectivity index (χ2v) is 10.6. The van der Waals surface area contributed by atoms with Gasteiger partial charge in [0, 0.05) is 61.5 Å². The predicted octanol–water partition coefficient (Wildman–Crippen LogP) is 3.59. The zero-order valence-electron chi connectivity index (χ0n) is 18.9. The standard InChI is InChI=1S/C24H31N7S/c1-29(2)32-16-15-30-12-6-24(18-30)7-13-31(14-8-24)23-20-5-11-26-17-21(20)27-22(28-23)19-3-9-25-10-4-19/h3-5,9-11,17H,6-8,12-16,18H2,1-2H3. The number of anilines is 1. The van der Waals surface area contributed by atoms with E-state index in [1.165, 1.54) is 44.6 Å². The van der Waals surface area contributed by atoms with Gasteiger partial charge < -0.3 is 9.80 Å². The van der Waals surface area contributed by atoms with Gasteiger partial charge in [0.2, 0.25) is 0 Å². The van der Waals surface area contributed by atoms with Crippen LogP contribution in [0, 0.1) is 5.41 Å². The fourth-order valence-corrected chi connectivity index (χ4v) is 5.71. The van der Waals surface area contributed by atoms with Crippen molar-refractivity contribution >= 4 is 28.7 Å². The van der Waals surface area contributed by atoms with Gasteiger partial charge in [-0.25, -0.2) is 9.97 Å². The van der Waals surface area contributed by atoms with Gasteiger partial charge in [-0.15, -0.1) is 0 Å². The molecule has 0 unspecified atom stereocenters. The maximum Gasteiger partial charge on any atom is 0.162 e. The molecule has 0 saturated carbocycles. The van der Waals surface area contributed by atoms with E-state index in [1.807, 2.05) is 42.5 Å². The largest absolute Gasteiger partial charge is 0.356 e. The van der Waals surface area contributed by atoms with E-state index in [1.54, 1.807) is 12.4 Å². The Morgan fingerprint density at radius 3 is 2.50 bits per heavy atom. The van der Waals surface area contributed by atoms with Crippen molar-refractivity contribution in [1.82, 2.24) is 29.1 Å². The number of likely N-dealkylation sites (tertiary alicyclic amines) is 1. The van der Waals surface area contributed by atoms with Gasteiger partial charge in [-0.3, -0.25) is 14.3 Å². The summed E-state index contributed by atoms with van der Waals surface area (Å²) in [6, 6.07) is 5.98. The number of hydrogen-bond acceptors (Lipinski definition) is 8. The van der Waals surface area contributed by atoms with Crippen LogP contribution in [0.1, 0.15) is 19.3 Å². The molecule has 5 heterocycles. The summed E-state index contributed by atoms with van der Waals surface area (Å²) in [6.07, 6.45) is 11.0. The van der Waals surface area contributed by atoms with E-state index in [9.17, 15) is 0 Å². The van der Waals surface area contributed by atoms with Crippen LogP contribution in [0.25, 0.3) is 22.3 Å². The van der Waals surface area contributed by atoms with Crippen LogP contribution in [-0.2, 0) is 0 Å². The molecule has 168 valence electrons. The maximum absolute atomic E-state index is 5.02. The highest BCUT2D eigenvalue weighted by Crippen LogP contribution is 2.42. The first-order valence-electron chi connectivity index (χ1n) is 11.4. The molecule has 0 aliphatic carbocycles. The molecule has 3 aromatic heterocycles. The van der Waals surface area contributed by atoms with Crippen LogP contribution in [0.5, 0.6) is 0 Å². The lowest BCUT2D eigenvalue weighted by Gasteiger charge is -2.40. The molecule has 0 aromatic carbocycles. The van der Waals surface area contributed by atoms with Crippen molar-refractivity contribution in [1.29, 1.82) is 0 Å². The van der Waals surface area contributed by atoms with E-state index in [-0.39, 0.29) is 0 Å². The molecule has 2 aliphatic heterocycles. The molecule has 8 heteroatoms. The van der Waals surface area contributed by atoms with Crippen molar-refractivity contribution in [3.8, 4) is 11.4 Å². The molecule has 3 aromatic rings. The first-order valence-corrected chi connectivity index (χ1v) is 12.4. The number of hydrogen-bond donors (Lipinski definition) is 0. The summed E-state index contributed by atoms with van der Waals surface area (Å²) in [7, 11) is 4.25. The summed E-state index contributed by atoms with van der Waals surface area (Å²) < 4.78 is 2.20. The number of aromatic nitrogens is 4. The normalized spacial score (nSPS) is 18.8. The summed E-state index contributed by atoms with van der Waals surface area (Å²) in [6.45, 7) is 5.76. The predicted molar refractivity (Wildman–Crippen MR) is 132 cm³/mol. The van der Waals surface area contributed by atoms with Crippen LogP contribution in [0.2, 0.25) is 0 Å². The summed E-state index contributed by atoms with van der Waals surface area (Å²) in [5.74, 6) is 2.96. The number of nitrogens with zero attached hydrogens (tertiary/aromatic N) is 7. The Balaban J connectivity index is 1.32. The zero-order chi connectivity index (χ0) is 22.0.